The second-order valence-corrected chi connectivity index (χ2v) is 2.68. The Morgan fingerprint density at radius 3 is 3.00 bits per heavy atom. The number of rotatable bonds is 2. The van der Waals surface area contributed by atoms with Gasteiger partial charge in [-0.25, -0.2) is 0 Å². The molecule has 0 aromatic carbocycles. The minimum Gasteiger partial charge on any atom is -0.468 e. The van der Waals surface area contributed by atoms with E-state index in [1.54, 1.807) is 0 Å². The topological polar surface area (TPSA) is 38.3 Å². The molecule has 0 aromatic heterocycles. The lowest BCUT2D eigenvalue weighted by atomic mass is 9.95. The van der Waals surface area contributed by atoms with Gasteiger partial charge in [0.15, 0.2) is 0 Å². The quantitative estimate of drug-likeness (QED) is 0.602. The average Bonchev–Trinajstić information content (AvgIpc) is 2.50. The minimum atomic E-state index is -1.59. The fourth-order valence-corrected chi connectivity index (χ4v) is 1.41. The summed E-state index contributed by atoms with van der Waals surface area (Å²) in [6.07, 6.45) is -0.276. The van der Waals surface area contributed by atoms with E-state index in [4.69, 9.17) is 2.74 Å². The number of carbonyl (C=O) groups is 1. The summed E-state index contributed by atoms with van der Waals surface area (Å²) >= 11 is 0. The first-order valence-corrected chi connectivity index (χ1v) is 3.77. The molecule has 1 N–H and O–H groups in total. The van der Waals surface area contributed by atoms with E-state index in [1.165, 1.54) is 14.0 Å². The molecule has 0 bridgehead atoms. The first kappa shape index (κ1) is 6.00. The van der Waals surface area contributed by atoms with Crippen molar-refractivity contribution in [2.75, 3.05) is 13.7 Å². The second kappa shape index (κ2) is 3.22. The monoisotopic (exact) mass is 159 g/mol. The van der Waals surface area contributed by atoms with Crippen molar-refractivity contribution < 1.29 is 12.3 Å². The normalized spacial score (nSPS) is 34.4. The molecular formula is C8H15NO2. The van der Waals surface area contributed by atoms with Gasteiger partial charge in [-0.15, -0.1) is 0 Å². The highest BCUT2D eigenvalue weighted by Gasteiger charge is 2.39. The molecule has 11 heavy (non-hydrogen) atoms. The Morgan fingerprint density at radius 2 is 2.64 bits per heavy atom. The molecule has 64 valence electrons. The number of ether oxygens (including phenoxy) is 1. The minimum absolute atomic E-state index is 0.502. The molecule has 0 spiro atoms. The maximum absolute atomic E-state index is 11.5. The molecule has 1 heterocycles. The highest BCUT2D eigenvalue weighted by molar-refractivity contribution is 5.81. The van der Waals surface area contributed by atoms with Crippen LogP contribution in [0.15, 0.2) is 0 Å². The third kappa shape index (κ3) is 1.38. The van der Waals surface area contributed by atoms with E-state index in [1.807, 2.05) is 0 Å². The number of esters is 1. The Labute approximate surface area is 69.9 Å². The molecule has 0 aromatic rings. The van der Waals surface area contributed by atoms with Crippen molar-refractivity contribution in [2.45, 2.75) is 31.7 Å². The molecule has 1 fully saturated rings. The number of hydrogen-bond acceptors (Lipinski definition) is 3. The zero-order valence-corrected chi connectivity index (χ0v) is 6.94. The van der Waals surface area contributed by atoms with Gasteiger partial charge in [-0.05, 0) is 25.8 Å². The third-order valence-electron chi connectivity index (χ3n) is 2.12. The van der Waals surface area contributed by atoms with Gasteiger partial charge >= 0.3 is 5.97 Å². The maximum atomic E-state index is 11.5. The largest absolute Gasteiger partial charge is 0.468 e. The fraction of sp³-hybridized carbons (Fsp3) is 0.875. The fourth-order valence-electron chi connectivity index (χ4n) is 1.41. The summed E-state index contributed by atoms with van der Waals surface area (Å²) in [5, 5.41) is 2.91. The number of nitrogens with one attached hydrogen (secondary N) is 1. The van der Waals surface area contributed by atoms with Gasteiger partial charge in [0.2, 0.25) is 0 Å². The van der Waals surface area contributed by atoms with E-state index in [0.29, 0.717) is 13.0 Å². The van der Waals surface area contributed by atoms with E-state index < -0.39 is 17.9 Å². The summed E-state index contributed by atoms with van der Waals surface area (Å²) in [6.45, 7) is 2.07. The first-order valence-electron chi connectivity index (χ1n) is 4.77. The zero-order chi connectivity index (χ0) is 10.1. The van der Waals surface area contributed by atoms with Gasteiger partial charge < -0.3 is 10.1 Å². The van der Waals surface area contributed by atoms with Crippen LogP contribution in [0, 0.1) is 0 Å². The molecule has 1 atom stereocenters. The predicted molar refractivity (Wildman–Crippen MR) is 42.3 cm³/mol. The van der Waals surface area contributed by atoms with Crippen molar-refractivity contribution in [3.8, 4) is 0 Å². The average molecular weight is 159 g/mol. The van der Waals surface area contributed by atoms with Crippen LogP contribution in [0.4, 0.5) is 0 Å². The molecule has 1 aliphatic heterocycles. The number of hydrogen-bond donors (Lipinski definition) is 1. The van der Waals surface area contributed by atoms with Crippen molar-refractivity contribution in [1.82, 2.24) is 5.32 Å². The lowest BCUT2D eigenvalue weighted by molar-refractivity contribution is -0.148. The number of carbonyl (C=O) groups excluding carboxylic acids is 1. The molecule has 3 heteroatoms. The van der Waals surface area contributed by atoms with Gasteiger partial charge in [0, 0.05) is 2.74 Å². The maximum Gasteiger partial charge on any atom is 0.326 e. The molecular weight excluding hydrogens is 142 g/mol. The van der Waals surface area contributed by atoms with Crippen LogP contribution in [0.5, 0.6) is 0 Å². The van der Waals surface area contributed by atoms with Crippen LogP contribution in [0.2, 0.25) is 0 Å². The predicted octanol–water partition coefficient (Wildman–Crippen LogP) is 0.692. The van der Waals surface area contributed by atoms with E-state index in [2.05, 4.69) is 10.1 Å². The van der Waals surface area contributed by atoms with Crippen molar-refractivity contribution >= 4 is 5.97 Å². The van der Waals surface area contributed by atoms with Crippen LogP contribution in [0.25, 0.3) is 0 Å². The lowest BCUT2D eigenvalue weighted by Crippen LogP contribution is -2.47. The van der Waals surface area contributed by atoms with Crippen LogP contribution in [-0.4, -0.2) is 25.2 Å². The smallest absolute Gasteiger partial charge is 0.326 e. The van der Waals surface area contributed by atoms with Crippen LogP contribution < -0.4 is 5.32 Å². The molecule has 1 rings (SSSR count). The summed E-state index contributed by atoms with van der Waals surface area (Å²) in [6, 6.07) is 0. The highest BCUT2D eigenvalue weighted by Crippen LogP contribution is 2.23. The van der Waals surface area contributed by atoms with E-state index >= 15 is 0 Å². The summed E-state index contributed by atoms with van der Waals surface area (Å²) in [5.41, 5.74) is -1.14. The van der Waals surface area contributed by atoms with E-state index in [9.17, 15) is 4.79 Å². The van der Waals surface area contributed by atoms with Crippen LogP contribution in [0.1, 0.15) is 28.9 Å². The van der Waals surface area contributed by atoms with Crippen molar-refractivity contribution in [1.29, 1.82) is 0 Å². The van der Waals surface area contributed by atoms with Crippen LogP contribution >= 0.6 is 0 Å². The van der Waals surface area contributed by atoms with E-state index in [-0.39, 0.29) is 0 Å². The summed E-state index contributed by atoms with van der Waals surface area (Å²) < 4.78 is 19.9. The Morgan fingerprint density at radius 1 is 1.91 bits per heavy atom. The molecule has 1 saturated heterocycles. The van der Waals surface area contributed by atoms with Crippen molar-refractivity contribution in [3.63, 3.8) is 0 Å². The number of methoxy groups -OCH3 is 1. The Kier molecular flexibility index (Phi) is 1.76. The molecule has 0 unspecified atom stereocenters. The summed E-state index contributed by atoms with van der Waals surface area (Å²) in [5.74, 6) is -0.502. The third-order valence-corrected chi connectivity index (χ3v) is 2.12. The van der Waals surface area contributed by atoms with Crippen LogP contribution in [-0.2, 0) is 9.53 Å². The van der Waals surface area contributed by atoms with Gasteiger partial charge in [-0.3, -0.25) is 4.79 Å². The van der Waals surface area contributed by atoms with Gasteiger partial charge in [-0.2, -0.15) is 0 Å². The van der Waals surface area contributed by atoms with Crippen LogP contribution in [0.3, 0.4) is 0 Å². The van der Waals surface area contributed by atoms with Crippen molar-refractivity contribution in [2.24, 2.45) is 0 Å². The molecule has 0 saturated carbocycles. The Bertz CT molecular complexity index is 207. The summed E-state index contributed by atoms with van der Waals surface area (Å²) in [7, 11) is 1.29. The highest BCUT2D eigenvalue weighted by atomic mass is 16.5. The molecule has 3 nitrogen and oxygen atoms in total. The molecule has 0 amide bonds. The van der Waals surface area contributed by atoms with Gasteiger partial charge in [-0.1, -0.05) is 6.92 Å². The second-order valence-electron chi connectivity index (χ2n) is 2.68. The zero-order valence-electron chi connectivity index (χ0n) is 8.94. The SMILES string of the molecule is [2H]C([2H])(C)[C@@]1(C(=O)OC)CCCN1. The molecule has 0 radical (unpaired) electrons. The Balaban J connectivity index is 2.94. The standard InChI is InChI=1S/C8H15NO2/c1-3-8(7(10)11-2)5-4-6-9-8/h9H,3-6H2,1-2H3/t8-/m0/s1/i3D2. The Hall–Kier alpha value is -0.570. The van der Waals surface area contributed by atoms with Crippen molar-refractivity contribution in [3.05, 3.63) is 0 Å². The van der Waals surface area contributed by atoms with E-state index in [0.717, 1.165) is 6.42 Å². The molecule has 0 aliphatic carbocycles. The van der Waals surface area contributed by atoms with Gasteiger partial charge in [0.1, 0.15) is 5.54 Å². The summed E-state index contributed by atoms with van der Waals surface area (Å²) in [4.78, 5) is 11.5. The lowest BCUT2D eigenvalue weighted by Gasteiger charge is -2.24. The van der Waals surface area contributed by atoms with Gasteiger partial charge in [0.05, 0.1) is 7.11 Å². The molecule has 1 aliphatic rings. The van der Waals surface area contributed by atoms with Gasteiger partial charge in [0.25, 0.3) is 0 Å². The first-order chi connectivity index (χ1) is 5.94.